The number of benzene rings is 1. The Morgan fingerprint density at radius 1 is 1.28 bits per heavy atom. The zero-order valence-corrected chi connectivity index (χ0v) is 10.0. The SMILES string of the molecule is CC(CC(F)(F)F)NCc1ccc2cc[nH]c2c1. The third-order valence-corrected chi connectivity index (χ3v) is 2.81. The van der Waals surface area contributed by atoms with Gasteiger partial charge in [-0.1, -0.05) is 12.1 Å². The van der Waals surface area contributed by atoms with Gasteiger partial charge in [0, 0.05) is 24.3 Å². The minimum absolute atomic E-state index is 0.437. The van der Waals surface area contributed by atoms with Crippen molar-refractivity contribution < 1.29 is 13.2 Å². The molecular weight excluding hydrogens is 241 g/mol. The highest BCUT2D eigenvalue weighted by molar-refractivity contribution is 5.79. The predicted molar refractivity (Wildman–Crippen MR) is 65.3 cm³/mol. The number of nitrogens with one attached hydrogen (secondary N) is 2. The number of aromatic amines is 1. The molecule has 0 saturated heterocycles. The van der Waals surface area contributed by atoms with Crippen LogP contribution in [0.15, 0.2) is 30.5 Å². The Bertz CT molecular complexity index is 516. The summed E-state index contributed by atoms with van der Waals surface area (Å²) in [5.41, 5.74) is 1.97. The first-order valence-electron chi connectivity index (χ1n) is 5.80. The van der Waals surface area contributed by atoms with Gasteiger partial charge in [0.05, 0.1) is 6.42 Å². The topological polar surface area (TPSA) is 27.8 Å². The summed E-state index contributed by atoms with van der Waals surface area (Å²) in [5, 5.41) is 3.98. The molecule has 0 fully saturated rings. The molecule has 2 nitrogen and oxygen atoms in total. The molecule has 98 valence electrons. The average molecular weight is 256 g/mol. The molecule has 0 spiro atoms. The van der Waals surface area contributed by atoms with Crippen LogP contribution in [0.2, 0.25) is 0 Å². The largest absolute Gasteiger partial charge is 0.390 e. The number of hydrogen-bond acceptors (Lipinski definition) is 1. The van der Waals surface area contributed by atoms with Crippen LogP contribution in [-0.2, 0) is 6.54 Å². The highest BCUT2D eigenvalue weighted by atomic mass is 19.4. The Hall–Kier alpha value is -1.49. The van der Waals surface area contributed by atoms with Crippen molar-refractivity contribution in [1.29, 1.82) is 0 Å². The standard InChI is InChI=1S/C13H15F3N2/c1-9(7-13(14,15)16)18-8-10-2-3-11-4-5-17-12(11)6-10/h2-6,9,17-18H,7-8H2,1H3. The summed E-state index contributed by atoms with van der Waals surface area (Å²) < 4.78 is 36.5. The summed E-state index contributed by atoms with van der Waals surface area (Å²) >= 11 is 0. The lowest BCUT2D eigenvalue weighted by Gasteiger charge is -2.15. The highest BCUT2D eigenvalue weighted by Gasteiger charge is 2.29. The van der Waals surface area contributed by atoms with E-state index in [4.69, 9.17) is 0 Å². The van der Waals surface area contributed by atoms with E-state index in [0.29, 0.717) is 6.54 Å². The Kier molecular flexibility index (Phi) is 3.61. The minimum Gasteiger partial charge on any atom is -0.361 e. The van der Waals surface area contributed by atoms with E-state index in [-0.39, 0.29) is 0 Å². The Morgan fingerprint density at radius 2 is 2.06 bits per heavy atom. The van der Waals surface area contributed by atoms with Crippen LogP contribution >= 0.6 is 0 Å². The molecule has 1 unspecified atom stereocenters. The first-order chi connectivity index (χ1) is 8.44. The lowest BCUT2D eigenvalue weighted by Crippen LogP contribution is -2.30. The van der Waals surface area contributed by atoms with E-state index >= 15 is 0 Å². The van der Waals surface area contributed by atoms with Gasteiger partial charge in [-0.05, 0) is 30.0 Å². The number of alkyl halides is 3. The van der Waals surface area contributed by atoms with Crippen LogP contribution in [0, 0.1) is 0 Å². The van der Waals surface area contributed by atoms with Gasteiger partial charge in [-0.2, -0.15) is 13.2 Å². The molecule has 1 atom stereocenters. The van der Waals surface area contributed by atoms with Gasteiger partial charge in [0.15, 0.2) is 0 Å². The van der Waals surface area contributed by atoms with E-state index < -0.39 is 18.6 Å². The molecular formula is C13H15F3N2. The van der Waals surface area contributed by atoms with Crippen molar-refractivity contribution >= 4 is 10.9 Å². The van der Waals surface area contributed by atoms with E-state index in [9.17, 15) is 13.2 Å². The van der Waals surface area contributed by atoms with Crippen molar-refractivity contribution in [2.75, 3.05) is 0 Å². The highest BCUT2D eigenvalue weighted by Crippen LogP contribution is 2.21. The van der Waals surface area contributed by atoms with Gasteiger partial charge in [0.25, 0.3) is 0 Å². The molecule has 0 aliphatic carbocycles. The van der Waals surface area contributed by atoms with Gasteiger partial charge in [-0.15, -0.1) is 0 Å². The van der Waals surface area contributed by atoms with Gasteiger partial charge < -0.3 is 10.3 Å². The summed E-state index contributed by atoms with van der Waals surface area (Å²) in [6.07, 6.45) is -3.08. The summed E-state index contributed by atoms with van der Waals surface area (Å²) in [6.45, 7) is 1.98. The van der Waals surface area contributed by atoms with Crippen LogP contribution in [0.4, 0.5) is 13.2 Å². The minimum atomic E-state index is -4.12. The summed E-state index contributed by atoms with van der Waals surface area (Å²) in [6, 6.07) is 7.20. The molecule has 2 N–H and O–H groups in total. The van der Waals surface area contributed by atoms with Crippen molar-refractivity contribution in [2.24, 2.45) is 0 Å². The molecule has 18 heavy (non-hydrogen) atoms. The quantitative estimate of drug-likeness (QED) is 0.859. The summed E-state index contributed by atoms with van der Waals surface area (Å²) in [7, 11) is 0. The van der Waals surface area contributed by atoms with Crippen LogP contribution < -0.4 is 5.32 Å². The number of H-pyrrole nitrogens is 1. The van der Waals surface area contributed by atoms with Crippen LogP contribution in [0.25, 0.3) is 10.9 Å². The zero-order valence-electron chi connectivity index (χ0n) is 10.0. The molecule has 0 amide bonds. The van der Waals surface area contributed by atoms with E-state index in [2.05, 4.69) is 10.3 Å². The Labute approximate surface area is 103 Å². The summed E-state index contributed by atoms with van der Waals surface area (Å²) in [4.78, 5) is 3.08. The van der Waals surface area contributed by atoms with Crippen LogP contribution in [0.5, 0.6) is 0 Å². The van der Waals surface area contributed by atoms with Crippen molar-refractivity contribution in [3.63, 3.8) is 0 Å². The second kappa shape index (κ2) is 5.02. The van der Waals surface area contributed by atoms with Crippen molar-refractivity contribution in [1.82, 2.24) is 10.3 Å². The lowest BCUT2D eigenvalue weighted by atomic mass is 10.1. The molecule has 2 rings (SSSR count). The third-order valence-electron chi connectivity index (χ3n) is 2.81. The van der Waals surface area contributed by atoms with Crippen LogP contribution in [0.1, 0.15) is 18.9 Å². The molecule has 5 heteroatoms. The maximum Gasteiger partial charge on any atom is 0.390 e. The average Bonchev–Trinajstić information content (AvgIpc) is 2.71. The van der Waals surface area contributed by atoms with Crippen molar-refractivity contribution in [3.05, 3.63) is 36.0 Å². The predicted octanol–water partition coefficient (Wildman–Crippen LogP) is 3.60. The maximum atomic E-state index is 12.2. The smallest absolute Gasteiger partial charge is 0.361 e. The fraction of sp³-hybridized carbons (Fsp3) is 0.385. The maximum absolute atomic E-state index is 12.2. The van der Waals surface area contributed by atoms with Crippen LogP contribution in [0.3, 0.4) is 0 Å². The molecule has 0 bridgehead atoms. The molecule has 0 saturated carbocycles. The van der Waals surface area contributed by atoms with E-state index in [1.54, 1.807) is 6.92 Å². The normalized spacial score (nSPS) is 14.0. The fourth-order valence-electron chi connectivity index (χ4n) is 1.92. The number of rotatable bonds is 4. The number of halogens is 3. The molecule has 0 aliphatic rings. The molecule has 1 heterocycles. The number of aromatic nitrogens is 1. The number of fused-ring (bicyclic) bond motifs is 1. The first-order valence-corrected chi connectivity index (χ1v) is 5.80. The van der Waals surface area contributed by atoms with Gasteiger partial charge in [-0.25, -0.2) is 0 Å². The van der Waals surface area contributed by atoms with Gasteiger partial charge in [-0.3, -0.25) is 0 Å². The summed E-state index contributed by atoms with van der Waals surface area (Å²) in [5.74, 6) is 0. The third kappa shape index (κ3) is 3.50. The van der Waals surface area contributed by atoms with Crippen LogP contribution in [-0.4, -0.2) is 17.2 Å². The fourth-order valence-corrected chi connectivity index (χ4v) is 1.92. The Morgan fingerprint density at radius 3 is 2.78 bits per heavy atom. The number of hydrogen-bond donors (Lipinski definition) is 2. The zero-order chi connectivity index (χ0) is 13.2. The molecule has 0 radical (unpaired) electrons. The second-order valence-corrected chi connectivity index (χ2v) is 4.50. The molecule has 2 aromatic rings. The van der Waals surface area contributed by atoms with Gasteiger partial charge in [0.1, 0.15) is 0 Å². The first kappa shape index (κ1) is 13.0. The van der Waals surface area contributed by atoms with E-state index in [0.717, 1.165) is 16.5 Å². The van der Waals surface area contributed by atoms with Crippen molar-refractivity contribution in [3.8, 4) is 0 Å². The monoisotopic (exact) mass is 256 g/mol. The lowest BCUT2D eigenvalue weighted by molar-refractivity contribution is -0.139. The molecule has 1 aromatic carbocycles. The van der Waals surface area contributed by atoms with Gasteiger partial charge in [0.2, 0.25) is 0 Å². The Balaban J connectivity index is 1.93. The molecule has 1 aromatic heterocycles. The second-order valence-electron chi connectivity index (χ2n) is 4.50. The van der Waals surface area contributed by atoms with Gasteiger partial charge >= 0.3 is 6.18 Å². The van der Waals surface area contributed by atoms with E-state index in [1.807, 2.05) is 30.5 Å². The van der Waals surface area contributed by atoms with Crippen molar-refractivity contribution in [2.45, 2.75) is 32.1 Å². The molecule has 0 aliphatic heterocycles. The van der Waals surface area contributed by atoms with E-state index in [1.165, 1.54) is 0 Å².